The largest absolute Gasteiger partial charge is 0.361 e. The Bertz CT molecular complexity index is 960. The average molecular weight is 363 g/mol. The second-order valence-electron chi connectivity index (χ2n) is 5.36. The van der Waals surface area contributed by atoms with Crippen molar-refractivity contribution in [3.63, 3.8) is 0 Å². The van der Waals surface area contributed by atoms with Crippen molar-refractivity contribution in [2.24, 2.45) is 0 Å². The van der Waals surface area contributed by atoms with Gasteiger partial charge in [0.25, 0.3) is 10.0 Å². The van der Waals surface area contributed by atoms with Crippen LogP contribution in [0.25, 0.3) is 11.3 Å². The van der Waals surface area contributed by atoms with E-state index in [-0.39, 0.29) is 10.8 Å². The zero-order valence-electron chi connectivity index (χ0n) is 13.5. The number of aromatic nitrogens is 2. The lowest BCUT2D eigenvalue weighted by atomic mass is 10.1. The van der Waals surface area contributed by atoms with Crippen LogP contribution in [0.3, 0.4) is 0 Å². The Balaban J connectivity index is 1.88. The first-order chi connectivity index (χ1) is 11.4. The number of nitrogens with one attached hydrogen (secondary N) is 1. The standard InChI is InChI=1S/C16H17N3O3S2/c1-10-16(23-12(3)18-10)24(20,21)17-9-14-11(2)22-19-15(14)13-7-5-4-6-8-13/h4-8,17H,9H2,1-3H3. The number of aryl methyl sites for hydroxylation is 3. The molecular weight excluding hydrogens is 346 g/mol. The van der Waals surface area contributed by atoms with Crippen molar-refractivity contribution in [2.75, 3.05) is 0 Å². The van der Waals surface area contributed by atoms with E-state index >= 15 is 0 Å². The molecule has 0 spiro atoms. The van der Waals surface area contributed by atoms with Crippen LogP contribution in [0.15, 0.2) is 39.1 Å². The third-order valence-electron chi connectivity index (χ3n) is 3.58. The molecule has 0 saturated heterocycles. The molecule has 3 aromatic rings. The lowest BCUT2D eigenvalue weighted by Gasteiger charge is -2.06. The third kappa shape index (κ3) is 3.26. The molecule has 126 valence electrons. The number of nitrogens with zero attached hydrogens (tertiary/aromatic N) is 2. The fourth-order valence-electron chi connectivity index (χ4n) is 2.42. The maximum Gasteiger partial charge on any atom is 0.252 e. The Morgan fingerprint density at radius 1 is 1.17 bits per heavy atom. The summed E-state index contributed by atoms with van der Waals surface area (Å²) in [5.41, 5.74) is 2.76. The van der Waals surface area contributed by atoms with Gasteiger partial charge in [-0.1, -0.05) is 35.5 Å². The summed E-state index contributed by atoms with van der Waals surface area (Å²) in [7, 11) is -3.63. The maximum absolute atomic E-state index is 12.5. The first kappa shape index (κ1) is 16.8. The molecule has 0 aliphatic carbocycles. The quantitative estimate of drug-likeness (QED) is 0.752. The molecule has 0 atom stereocenters. The smallest absolute Gasteiger partial charge is 0.252 e. The summed E-state index contributed by atoms with van der Waals surface area (Å²) < 4.78 is 33.2. The molecule has 0 radical (unpaired) electrons. The molecule has 0 unspecified atom stereocenters. The number of rotatable bonds is 5. The van der Waals surface area contributed by atoms with Gasteiger partial charge in [-0.3, -0.25) is 0 Å². The van der Waals surface area contributed by atoms with E-state index in [1.54, 1.807) is 20.8 Å². The molecule has 0 aliphatic heterocycles. The van der Waals surface area contributed by atoms with Crippen molar-refractivity contribution in [1.29, 1.82) is 0 Å². The van der Waals surface area contributed by atoms with Crippen LogP contribution in [0.1, 0.15) is 22.0 Å². The van der Waals surface area contributed by atoms with Gasteiger partial charge in [-0.05, 0) is 20.8 Å². The highest BCUT2D eigenvalue weighted by molar-refractivity contribution is 7.91. The van der Waals surface area contributed by atoms with Gasteiger partial charge in [0.2, 0.25) is 0 Å². The molecule has 6 nitrogen and oxygen atoms in total. The van der Waals surface area contributed by atoms with E-state index < -0.39 is 10.0 Å². The zero-order chi connectivity index (χ0) is 17.3. The second-order valence-corrected chi connectivity index (χ2v) is 8.53. The van der Waals surface area contributed by atoms with Crippen LogP contribution in [0.5, 0.6) is 0 Å². The molecule has 0 fully saturated rings. The van der Waals surface area contributed by atoms with Crippen molar-refractivity contribution in [3.8, 4) is 11.3 Å². The predicted octanol–water partition coefficient (Wildman–Crippen LogP) is 3.20. The van der Waals surface area contributed by atoms with Gasteiger partial charge in [-0.25, -0.2) is 18.1 Å². The van der Waals surface area contributed by atoms with Gasteiger partial charge >= 0.3 is 0 Å². The number of hydrogen-bond acceptors (Lipinski definition) is 6. The highest BCUT2D eigenvalue weighted by Crippen LogP contribution is 2.27. The van der Waals surface area contributed by atoms with Gasteiger partial charge in [0.1, 0.15) is 11.5 Å². The topological polar surface area (TPSA) is 85.1 Å². The highest BCUT2D eigenvalue weighted by atomic mass is 32.2. The number of thiazole rings is 1. The van der Waals surface area contributed by atoms with Gasteiger partial charge in [-0.2, -0.15) is 0 Å². The molecule has 3 rings (SSSR count). The summed E-state index contributed by atoms with van der Waals surface area (Å²) >= 11 is 1.16. The predicted molar refractivity (Wildman–Crippen MR) is 92.3 cm³/mol. The Morgan fingerprint density at radius 3 is 2.50 bits per heavy atom. The van der Waals surface area contributed by atoms with Crippen LogP contribution in [-0.4, -0.2) is 18.6 Å². The summed E-state index contributed by atoms with van der Waals surface area (Å²) in [5.74, 6) is 0.591. The van der Waals surface area contributed by atoms with E-state index in [0.29, 0.717) is 17.1 Å². The number of sulfonamides is 1. The average Bonchev–Trinajstić information content (AvgIpc) is 3.09. The molecule has 0 bridgehead atoms. The third-order valence-corrected chi connectivity index (χ3v) is 6.66. The van der Waals surface area contributed by atoms with Gasteiger partial charge < -0.3 is 4.52 Å². The minimum atomic E-state index is -3.63. The van der Waals surface area contributed by atoms with Gasteiger partial charge in [0.05, 0.1) is 10.7 Å². The summed E-state index contributed by atoms with van der Waals surface area (Å²) in [6, 6.07) is 9.53. The fourth-order valence-corrected chi connectivity index (χ4v) is 4.94. The molecule has 0 saturated carbocycles. The summed E-state index contributed by atoms with van der Waals surface area (Å²) in [6.45, 7) is 5.36. The molecule has 8 heteroatoms. The maximum atomic E-state index is 12.5. The molecule has 1 aromatic carbocycles. The second kappa shape index (κ2) is 6.46. The molecule has 2 heterocycles. The van der Waals surface area contributed by atoms with Crippen molar-refractivity contribution in [3.05, 3.63) is 52.4 Å². The van der Waals surface area contributed by atoms with Crippen molar-refractivity contribution >= 4 is 21.4 Å². The van der Waals surface area contributed by atoms with E-state index in [4.69, 9.17) is 4.52 Å². The van der Waals surface area contributed by atoms with Crippen molar-refractivity contribution in [1.82, 2.24) is 14.9 Å². The molecule has 24 heavy (non-hydrogen) atoms. The lowest BCUT2D eigenvalue weighted by Crippen LogP contribution is -2.23. The Kier molecular flexibility index (Phi) is 4.53. The minimum Gasteiger partial charge on any atom is -0.361 e. The van der Waals surface area contributed by atoms with Gasteiger partial charge in [0, 0.05) is 17.7 Å². The lowest BCUT2D eigenvalue weighted by molar-refractivity contribution is 0.398. The molecule has 0 aliphatic rings. The Labute approximate surface area is 144 Å². The van der Waals surface area contributed by atoms with E-state index in [0.717, 1.165) is 27.5 Å². The van der Waals surface area contributed by atoms with Crippen LogP contribution in [-0.2, 0) is 16.6 Å². The van der Waals surface area contributed by atoms with Crippen LogP contribution < -0.4 is 4.72 Å². The molecule has 0 amide bonds. The van der Waals surface area contributed by atoms with Crippen LogP contribution in [0.4, 0.5) is 0 Å². The Hall–Kier alpha value is -2.03. The molecule has 2 aromatic heterocycles. The van der Waals surface area contributed by atoms with E-state index in [1.165, 1.54) is 0 Å². The minimum absolute atomic E-state index is 0.109. The van der Waals surface area contributed by atoms with Crippen LogP contribution in [0.2, 0.25) is 0 Å². The number of benzene rings is 1. The number of hydrogen-bond donors (Lipinski definition) is 1. The van der Waals surface area contributed by atoms with Gasteiger partial charge in [0.15, 0.2) is 4.21 Å². The summed E-state index contributed by atoms with van der Waals surface area (Å²) in [6.07, 6.45) is 0. The van der Waals surface area contributed by atoms with E-state index in [1.807, 2.05) is 30.3 Å². The van der Waals surface area contributed by atoms with E-state index in [9.17, 15) is 8.42 Å². The monoisotopic (exact) mass is 363 g/mol. The Morgan fingerprint density at radius 2 is 1.88 bits per heavy atom. The molecule has 1 N–H and O–H groups in total. The summed E-state index contributed by atoms with van der Waals surface area (Å²) in [4.78, 5) is 4.17. The van der Waals surface area contributed by atoms with Crippen molar-refractivity contribution < 1.29 is 12.9 Å². The van der Waals surface area contributed by atoms with Crippen molar-refractivity contribution in [2.45, 2.75) is 31.5 Å². The van der Waals surface area contributed by atoms with Crippen LogP contribution in [0, 0.1) is 20.8 Å². The van der Waals surface area contributed by atoms with Gasteiger partial charge in [-0.15, -0.1) is 11.3 Å². The normalized spacial score (nSPS) is 11.8. The molecular formula is C16H17N3O3S2. The van der Waals surface area contributed by atoms with Crippen LogP contribution >= 0.6 is 11.3 Å². The first-order valence-electron chi connectivity index (χ1n) is 7.33. The first-order valence-corrected chi connectivity index (χ1v) is 9.62. The fraction of sp³-hybridized carbons (Fsp3) is 0.250. The van der Waals surface area contributed by atoms with E-state index in [2.05, 4.69) is 14.9 Å². The zero-order valence-corrected chi connectivity index (χ0v) is 15.2. The summed E-state index contributed by atoms with van der Waals surface area (Å²) in [5, 5.41) is 4.78. The SMILES string of the molecule is Cc1nc(C)c(S(=O)(=O)NCc2c(-c3ccccc3)noc2C)s1. The highest BCUT2D eigenvalue weighted by Gasteiger charge is 2.23.